The fraction of sp³-hybridized carbons (Fsp3) is 0.400. The molecule has 6 nitrogen and oxygen atoms in total. The number of hydrogen-bond donors (Lipinski definition) is 0. The third kappa shape index (κ3) is 3.46. The number of amides is 1. The summed E-state index contributed by atoms with van der Waals surface area (Å²) in [7, 11) is 0. The molecule has 0 aromatic carbocycles. The summed E-state index contributed by atoms with van der Waals surface area (Å²) in [5.74, 6) is 0.538. The second-order valence-electron chi connectivity index (χ2n) is 6.96. The minimum atomic E-state index is -0.160. The first kappa shape index (κ1) is 19.1. The minimum Gasteiger partial charge on any atom is -0.356 e. The lowest BCUT2D eigenvalue weighted by Crippen LogP contribution is -2.33. The summed E-state index contributed by atoms with van der Waals surface area (Å²) < 4.78 is 2.08. The van der Waals surface area contributed by atoms with E-state index in [1.54, 1.807) is 23.2 Å². The highest BCUT2D eigenvalue weighted by Crippen LogP contribution is 2.33. The van der Waals surface area contributed by atoms with Crippen molar-refractivity contribution in [3.8, 4) is 0 Å². The number of anilines is 1. The average Bonchev–Trinajstić information content (AvgIpc) is 2.98. The summed E-state index contributed by atoms with van der Waals surface area (Å²) in [5.41, 5.74) is 0.915. The molecule has 0 bridgehead atoms. The van der Waals surface area contributed by atoms with Gasteiger partial charge in [-0.15, -0.1) is 0 Å². The van der Waals surface area contributed by atoms with Gasteiger partial charge in [0.05, 0.1) is 10.5 Å². The van der Waals surface area contributed by atoms with E-state index < -0.39 is 0 Å². The number of hydrogen-bond acceptors (Lipinski definition) is 6. The van der Waals surface area contributed by atoms with E-state index in [9.17, 15) is 9.59 Å². The number of rotatable bonds is 4. The predicted octanol–water partition coefficient (Wildman–Crippen LogP) is 3.30. The van der Waals surface area contributed by atoms with Crippen LogP contribution >= 0.6 is 24.0 Å². The maximum Gasteiger partial charge on any atom is 0.267 e. The van der Waals surface area contributed by atoms with E-state index in [1.807, 2.05) is 19.1 Å². The Labute approximate surface area is 173 Å². The van der Waals surface area contributed by atoms with Gasteiger partial charge in [0.1, 0.15) is 15.8 Å². The predicted molar refractivity (Wildman–Crippen MR) is 118 cm³/mol. The van der Waals surface area contributed by atoms with Crippen LogP contribution in [0.2, 0.25) is 0 Å². The molecule has 8 heteroatoms. The lowest BCUT2D eigenvalue weighted by Gasteiger charge is -2.29. The maximum absolute atomic E-state index is 13.3. The van der Waals surface area contributed by atoms with Crippen LogP contribution in [0.3, 0.4) is 0 Å². The van der Waals surface area contributed by atoms with E-state index in [0.29, 0.717) is 32.8 Å². The second-order valence-corrected chi connectivity index (χ2v) is 8.64. The summed E-state index contributed by atoms with van der Waals surface area (Å²) in [6, 6.07) is 5.51. The number of carbonyl (C=O) groups is 1. The molecule has 4 heterocycles. The molecule has 2 aliphatic rings. The Morgan fingerprint density at radius 1 is 1.21 bits per heavy atom. The van der Waals surface area contributed by atoms with Gasteiger partial charge in [-0.2, -0.15) is 0 Å². The van der Waals surface area contributed by atoms with Crippen LogP contribution in [0.15, 0.2) is 34.1 Å². The zero-order chi connectivity index (χ0) is 19.7. The topological polar surface area (TPSA) is 57.9 Å². The lowest BCUT2D eigenvalue weighted by molar-refractivity contribution is -0.122. The van der Waals surface area contributed by atoms with E-state index in [4.69, 9.17) is 17.2 Å². The molecule has 2 aliphatic heterocycles. The van der Waals surface area contributed by atoms with Crippen LogP contribution in [0.5, 0.6) is 0 Å². The maximum atomic E-state index is 13.3. The van der Waals surface area contributed by atoms with Gasteiger partial charge >= 0.3 is 0 Å². The third-order valence-corrected chi connectivity index (χ3v) is 6.38. The SMILES string of the molecule is CCCN1C(=O)C(=Cc2c(N3CCCCC3)nc3ccccn3c2=O)SC1=S. The summed E-state index contributed by atoms with van der Waals surface area (Å²) in [5, 5.41) is 0. The van der Waals surface area contributed by atoms with Gasteiger partial charge in [-0.1, -0.05) is 37.0 Å². The van der Waals surface area contributed by atoms with E-state index in [0.717, 1.165) is 32.4 Å². The Morgan fingerprint density at radius 3 is 2.75 bits per heavy atom. The quantitative estimate of drug-likeness (QED) is 0.565. The molecule has 4 rings (SSSR count). The molecule has 0 aliphatic carbocycles. The number of piperidine rings is 1. The molecule has 146 valence electrons. The fourth-order valence-electron chi connectivity index (χ4n) is 3.61. The van der Waals surface area contributed by atoms with E-state index in [2.05, 4.69) is 4.90 Å². The van der Waals surface area contributed by atoms with Crippen molar-refractivity contribution in [1.29, 1.82) is 0 Å². The highest BCUT2D eigenvalue weighted by molar-refractivity contribution is 8.26. The van der Waals surface area contributed by atoms with Gasteiger partial charge in [-0.3, -0.25) is 18.9 Å². The van der Waals surface area contributed by atoms with Gasteiger partial charge in [0, 0.05) is 25.8 Å². The Hall–Kier alpha value is -2.19. The standard InChI is InChI=1S/C20H22N4O2S2/c1-2-9-24-19(26)15(28-20(24)27)13-14-17(22-10-5-3-6-11-22)21-16-8-4-7-12-23(16)18(14)25/h4,7-8,12-13H,2-3,5-6,9-11H2,1H3. The minimum absolute atomic E-state index is 0.126. The van der Waals surface area contributed by atoms with Crippen LogP contribution in [-0.2, 0) is 4.79 Å². The van der Waals surface area contributed by atoms with Crippen LogP contribution in [0.1, 0.15) is 38.2 Å². The van der Waals surface area contributed by atoms with Crippen LogP contribution in [0, 0.1) is 0 Å². The van der Waals surface area contributed by atoms with Gasteiger partial charge in [0.2, 0.25) is 0 Å². The highest BCUT2D eigenvalue weighted by Gasteiger charge is 2.32. The Bertz CT molecular complexity index is 1020. The highest BCUT2D eigenvalue weighted by atomic mass is 32.2. The Kier molecular flexibility index (Phi) is 5.50. The van der Waals surface area contributed by atoms with Crippen molar-refractivity contribution in [3.63, 3.8) is 0 Å². The van der Waals surface area contributed by atoms with Crippen molar-refractivity contribution < 1.29 is 4.79 Å². The number of pyridine rings is 1. The number of thioether (sulfide) groups is 1. The molecule has 1 amide bonds. The van der Waals surface area contributed by atoms with Gasteiger partial charge in [0.25, 0.3) is 11.5 Å². The number of fused-ring (bicyclic) bond motifs is 1. The Balaban J connectivity index is 1.85. The second kappa shape index (κ2) is 8.05. The van der Waals surface area contributed by atoms with Crippen molar-refractivity contribution in [2.75, 3.05) is 24.5 Å². The average molecular weight is 415 g/mol. The number of carbonyl (C=O) groups excluding carboxylic acids is 1. The van der Waals surface area contributed by atoms with Crippen LogP contribution in [0.25, 0.3) is 11.7 Å². The van der Waals surface area contributed by atoms with Crippen molar-refractivity contribution in [3.05, 3.63) is 45.2 Å². The first-order chi connectivity index (χ1) is 13.6. The normalized spacial score (nSPS) is 19.2. The summed E-state index contributed by atoms with van der Waals surface area (Å²) in [6.45, 7) is 4.34. The molecule has 0 unspecified atom stereocenters. The smallest absolute Gasteiger partial charge is 0.267 e. The largest absolute Gasteiger partial charge is 0.356 e. The molecule has 0 N–H and O–H groups in total. The van der Waals surface area contributed by atoms with Gasteiger partial charge in [-0.25, -0.2) is 4.98 Å². The summed E-state index contributed by atoms with van der Waals surface area (Å²) in [6.07, 6.45) is 7.58. The van der Waals surface area contributed by atoms with Crippen LogP contribution < -0.4 is 10.5 Å². The van der Waals surface area contributed by atoms with Gasteiger partial charge < -0.3 is 4.90 Å². The van der Waals surface area contributed by atoms with E-state index >= 15 is 0 Å². The molecular formula is C20H22N4O2S2. The zero-order valence-corrected chi connectivity index (χ0v) is 17.4. The number of thiocarbonyl (C=S) groups is 1. The van der Waals surface area contributed by atoms with Crippen LogP contribution in [-0.4, -0.2) is 44.1 Å². The molecular weight excluding hydrogens is 392 g/mol. The van der Waals surface area contributed by atoms with Gasteiger partial charge in [-0.05, 0) is 43.9 Å². The van der Waals surface area contributed by atoms with Gasteiger partial charge in [0.15, 0.2) is 0 Å². The molecule has 2 aromatic rings. The molecule has 0 atom stereocenters. The lowest BCUT2D eigenvalue weighted by atomic mass is 10.1. The molecule has 0 spiro atoms. The number of nitrogens with zero attached hydrogens (tertiary/aromatic N) is 4. The van der Waals surface area contributed by atoms with Crippen molar-refractivity contribution >= 4 is 51.7 Å². The molecule has 28 heavy (non-hydrogen) atoms. The number of aromatic nitrogens is 2. The molecule has 2 aromatic heterocycles. The molecule has 0 saturated carbocycles. The third-order valence-electron chi connectivity index (χ3n) is 5.00. The zero-order valence-electron chi connectivity index (χ0n) is 15.8. The van der Waals surface area contributed by atoms with Crippen LogP contribution in [0.4, 0.5) is 5.82 Å². The summed E-state index contributed by atoms with van der Waals surface area (Å²) in [4.78, 5) is 35.1. The first-order valence-corrected chi connectivity index (χ1v) is 10.8. The fourth-order valence-corrected chi connectivity index (χ4v) is 4.90. The first-order valence-electron chi connectivity index (χ1n) is 9.62. The van der Waals surface area contributed by atoms with Crippen molar-refractivity contribution in [2.45, 2.75) is 32.6 Å². The molecule has 2 saturated heterocycles. The summed E-state index contributed by atoms with van der Waals surface area (Å²) >= 11 is 6.62. The van der Waals surface area contributed by atoms with Crippen molar-refractivity contribution in [2.24, 2.45) is 0 Å². The molecule has 2 fully saturated rings. The monoisotopic (exact) mass is 414 g/mol. The van der Waals surface area contributed by atoms with E-state index in [1.165, 1.54) is 22.6 Å². The van der Waals surface area contributed by atoms with E-state index in [-0.39, 0.29) is 11.5 Å². The molecule has 0 radical (unpaired) electrons. The van der Waals surface area contributed by atoms with Crippen molar-refractivity contribution in [1.82, 2.24) is 14.3 Å². The Morgan fingerprint density at radius 2 is 2.00 bits per heavy atom.